The molecule has 0 radical (unpaired) electrons. The first-order chi connectivity index (χ1) is 14.8. The Balaban J connectivity index is 1.71. The van der Waals surface area contributed by atoms with Crippen LogP contribution in [0.15, 0.2) is 40.1 Å². The third kappa shape index (κ3) is 5.75. The molecule has 170 valence electrons. The largest absolute Gasteiger partial charge is 0.401 e. The summed E-state index contributed by atoms with van der Waals surface area (Å²) in [6, 6.07) is 3.26. The summed E-state index contributed by atoms with van der Waals surface area (Å²) in [4.78, 5) is 9.44. The molecule has 4 N–H and O–H groups in total. The molecule has 0 amide bonds. The number of piperazine rings is 1. The molecular formula is C20H30ClN7O2S. The van der Waals surface area contributed by atoms with E-state index in [1.165, 1.54) is 0 Å². The Bertz CT molecular complexity index is 880. The molecule has 0 saturated carbocycles. The second-order valence-corrected chi connectivity index (χ2v) is 9.78. The number of nitrogens with two attached hydrogens (primary N) is 1. The van der Waals surface area contributed by atoms with Crippen molar-refractivity contribution in [3.8, 4) is 0 Å². The van der Waals surface area contributed by atoms with Gasteiger partial charge in [-0.3, -0.25) is 9.20 Å². The maximum Gasteiger partial charge on any atom is 0.151 e. The lowest BCUT2D eigenvalue weighted by atomic mass is 10.1. The van der Waals surface area contributed by atoms with Gasteiger partial charge in [0.25, 0.3) is 0 Å². The number of hydrogen-bond donors (Lipinski definition) is 3. The number of aliphatic hydroxyl groups is 1. The molecule has 2 aliphatic heterocycles. The summed E-state index contributed by atoms with van der Waals surface area (Å²) in [5.41, 5.74) is 6.72. The average Bonchev–Trinajstić information content (AvgIpc) is 3.09. The zero-order valence-corrected chi connectivity index (χ0v) is 19.5. The summed E-state index contributed by atoms with van der Waals surface area (Å²) in [6.07, 6.45) is 0.571. The zero-order valence-electron chi connectivity index (χ0n) is 17.9. The summed E-state index contributed by atoms with van der Waals surface area (Å²) in [5, 5.41) is 21.4. The molecule has 2 aliphatic rings. The van der Waals surface area contributed by atoms with Crippen molar-refractivity contribution in [1.29, 1.82) is 0 Å². The van der Waals surface area contributed by atoms with Crippen molar-refractivity contribution in [3.05, 3.63) is 40.3 Å². The number of nitrogens with one attached hydrogen (secondary N) is 1. The lowest BCUT2D eigenvalue weighted by molar-refractivity contribution is 0.239. The SMILES string of the molecule is C=C(NC(=N[C@@H](CO)C(C)C)C1=C(N)CCS1=O)N1CCN(c2ccc(Cl)nn2)CC1. The number of amidine groups is 1. The lowest BCUT2D eigenvalue weighted by Crippen LogP contribution is -2.49. The van der Waals surface area contributed by atoms with Gasteiger partial charge in [-0.2, -0.15) is 0 Å². The molecule has 0 aliphatic carbocycles. The summed E-state index contributed by atoms with van der Waals surface area (Å²) in [7, 11) is -1.22. The van der Waals surface area contributed by atoms with E-state index in [1.807, 2.05) is 19.9 Å². The van der Waals surface area contributed by atoms with Crippen LogP contribution in [0.2, 0.25) is 5.15 Å². The van der Waals surface area contributed by atoms with Crippen LogP contribution >= 0.6 is 11.6 Å². The van der Waals surface area contributed by atoms with E-state index >= 15 is 0 Å². The number of rotatable bonds is 7. The van der Waals surface area contributed by atoms with Gasteiger partial charge >= 0.3 is 0 Å². The average molecular weight is 468 g/mol. The minimum absolute atomic E-state index is 0.101. The van der Waals surface area contributed by atoms with Gasteiger partial charge in [0, 0.05) is 44.0 Å². The third-order valence-electron chi connectivity index (χ3n) is 5.41. The van der Waals surface area contributed by atoms with Crippen LogP contribution in [0.3, 0.4) is 0 Å². The molecule has 1 aromatic rings. The first kappa shape index (κ1) is 23.5. The van der Waals surface area contributed by atoms with Gasteiger partial charge in [0.2, 0.25) is 0 Å². The van der Waals surface area contributed by atoms with Crippen LogP contribution in [0.4, 0.5) is 5.82 Å². The van der Waals surface area contributed by atoms with Crippen molar-refractivity contribution in [2.24, 2.45) is 16.6 Å². The molecule has 9 nitrogen and oxygen atoms in total. The van der Waals surface area contributed by atoms with Crippen molar-refractivity contribution in [1.82, 2.24) is 20.4 Å². The Labute approximate surface area is 190 Å². The number of aliphatic hydroxyl groups excluding tert-OH is 1. The molecule has 0 aromatic carbocycles. The summed E-state index contributed by atoms with van der Waals surface area (Å²) in [6.45, 7) is 11.0. The van der Waals surface area contributed by atoms with E-state index in [0.29, 0.717) is 52.7 Å². The van der Waals surface area contributed by atoms with E-state index in [-0.39, 0.29) is 18.6 Å². The van der Waals surface area contributed by atoms with Crippen LogP contribution < -0.4 is 16.0 Å². The molecule has 2 atom stereocenters. The van der Waals surface area contributed by atoms with Gasteiger partial charge in [-0.25, -0.2) is 0 Å². The molecule has 0 bridgehead atoms. The number of allylic oxidation sites excluding steroid dienone is 1. The minimum Gasteiger partial charge on any atom is -0.401 e. The molecular weight excluding hydrogens is 438 g/mol. The van der Waals surface area contributed by atoms with Crippen LogP contribution in [0.25, 0.3) is 0 Å². The fourth-order valence-electron chi connectivity index (χ4n) is 3.44. The van der Waals surface area contributed by atoms with Gasteiger partial charge in [0.1, 0.15) is 5.84 Å². The molecule has 3 rings (SSSR count). The van der Waals surface area contributed by atoms with E-state index in [4.69, 9.17) is 17.3 Å². The second kappa shape index (κ2) is 10.4. The van der Waals surface area contributed by atoms with E-state index in [9.17, 15) is 9.32 Å². The Morgan fingerprint density at radius 1 is 1.35 bits per heavy atom. The first-order valence-electron chi connectivity index (χ1n) is 10.3. The number of aromatic nitrogens is 2. The van der Waals surface area contributed by atoms with Crippen LogP contribution in [-0.4, -0.2) is 74.8 Å². The predicted molar refractivity (Wildman–Crippen MR) is 125 cm³/mol. The van der Waals surface area contributed by atoms with Crippen molar-refractivity contribution < 1.29 is 9.32 Å². The smallest absolute Gasteiger partial charge is 0.151 e. The van der Waals surface area contributed by atoms with Gasteiger partial charge in [0.15, 0.2) is 11.0 Å². The molecule has 1 fully saturated rings. The fraction of sp³-hybridized carbons (Fsp3) is 0.550. The first-order valence-corrected chi connectivity index (χ1v) is 12.0. The summed E-state index contributed by atoms with van der Waals surface area (Å²) < 4.78 is 12.6. The van der Waals surface area contributed by atoms with Gasteiger partial charge in [-0.15, -0.1) is 10.2 Å². The molecule has 3 heterocycles. The highest BCUT2D eigenvalue weighted by molar-refractivity contribution is 7.90. The van der Waals surface area contributed by atoms with E-state index in [2.05, 4.69) is 36.9 Å². The van der Waals surface area contributed by atoms with Gasteiger partial charge in [0.05, 0.1) is 34.2 Å². The molecule has 1 aromatic heterocycles. The Kier molecular flexibility index (Phi) is 7.90. The van der Waals surface area contributed by atoms with Gasteiger partial charge in [-0.1, -0.05) is 32.0 Å². The second-order valence-electron chi connectivity index (χ2n) is 7.89. The van der Waals surface area contributed by atoms with E-state index in [1.54, 1.807) is 6.07 Å². The van der Waals surface area contributed by atoms with Crippen LogP contribution in [0, 0.1) is 5.92 Å². The highest BCUT2D eigenvalue weighted by atomic mass is 35.5. The molecule has 0 spiro atoms. The fourth-order valence-corrected chi connectivity index (χ4v) is 4.86. The van der Waals surface area contributed by atoms with Crippen molar-refractivity contribution in [3.63, 3.8) is 0 Å². The number of anilines is 1. The predicted octanol–water partition coefficient (Wildman–Crippen LogP) is 1.05. The van der Waals surface area contributed by atoms with E-state index in [0.717, 1.165) is 18.9 Å². The normalized spacial score (nSPS) is 21.1. The summed E-state index contributed by atoms with van der Waals surface area (Å²) >= 11 is 5.82. The summed E-state index contributed by atoms with van der Waals surface area (Å²) in [5.74, 6) is 2.49. The zero-order chi connectivity index (χ0) is 22.5. The molecule has 11 heteroatoms. The quantitative estimate of drug-likeness (QED) is 0.402. The highest BCUT2D eigenvalue weighted by Gasteiger charge is 2.28. The van der Waals surface area contributed by atoms with Crippen LogP contribution in [0.5, 0.6) is 0 Å². The monoisotopic (exact) mass is 467 g/mol. The van der Waals surface area contributed by atoms with Crippen molar-refractivity contribution in [2.45, 2.75) is 26.3 Å². The molecule has 1 unspecified atom stereocenters. The Morgan fingerprint density at radius 2 is 2.06 bits per heavy atom. The number of nitrogens with zero attached hydrogens (tertiary/aromatic N) is 5. The lowest BCUT2D eigenvalue weighted by Gasteiger charge is -2.37. The molecule has 1 saturated heterocycles. The maximum atomic E-state index is 12.6. The molecule has 31 heavy (non-hydrogen) atoms. The van der Waals surface area contributed by atoms with Crippen molar-refractivity contribution >= 4 is 34.1 Å². The van der Waals surface area contributed by atoms with Gasteiger partial charge < -0.3 is 26.0 Å². The van der Waals surface area contributed by atoms with Crippen LogP contribution in [-0.2, 0) is 10.8 Å². The number of hydrogen-bond acceptors (Lipinski definition) is 8. The third-order valence-corrected chi connectivity index (χ3v) is 7.10. The van der Waals surface area contributed by atoms with Gasteiger partial charge in [-0.05, 0) is 18.1 Å². The van der Waals surface area contributed by atoms with E-state index < -0.39 is 10.8 Å². The minimum atomic E-state index is -1.22. The Morgan fingerprint density at radius 3 is 2.58 bits per heavy atom. The number of halogens is 1. The topological polar surface area (TPSA) is 120 Å². The van der Waals surface area contributed by atoms with Crippen LogP contribution in [0.1, 0.15) is 20.3 Å². The highest BCUT2D eigenvalue weighted by Crippen LogP contribution is 2.22. The number of aliphatic imine (C=N–C) groups is 1. The Hall–Kier alpha value is -2.17. The van der Waals surface area contributed by atoms with Crippen molar-refractivity contribution in [2.75, 3.05) is 43.4 Å². The maximum absolute atomic E-state index is 12.6. The standard InChI is InChI=1S/C20H30ClN7O2S/c1-13(2)16(12-29)24-20(19-15(22)6-11-31(19)30)23-14(3)27-7-9-28(10-8-27)18-5-4-17(21)25-26-18/h4-5,13,16,29H,3,6-12,22H2,1-2H3,(H,23,24)/t16-,31?/m0/s1.